The van der Waals surface area contributed by atoms with Crippen LogP contribution in [-0.4, -0.2) is 28.1 Å². The van der Waals surface area contributed by atoms with Gasteiger partial charge >= 0.3 is 0 Å². The lowest BCUT2D eigenvalue weighted by Crippen LogP contribution is -2.39. The van der Waals surface area contributed by atoms with Crippen LogP contribution in [0.25, 0.3) is 0 Å². The first-order chi connectivity index (χ1) is 7.66. The highest BCUT2D eigenvalue weighted by molar-refractivity contribution is 5.96. The van der Waals surface area contributed by atoms with E-state index in [4.69, 9.17) is 0 Å². The molecule has 1 atom stereocenters. The first-order valence-corrected chi connectivity index (χ1v) is 5.28. The molecule has 0 amide bonds. The third-order valence-electron chi connectivity index (χ3n) is 2.53. The molecule has 1 aromatic rings. The molecule has 0 saturated carbocycles. The minimum atomic E-state index is -0.264. The van der Waals surface area contributed by atoms with Crippen LogP contribution in [0.2, 0.25) is 0 Å². The number of nitrogens with zero attached hydrogens (tertiary/aromatic N) is 3. The number of benzene rings is 1. The summed E-state index contributed by atoms with van der Waals surface area (Å²) in [6.07, 6.45) is 0.418. The Balaban J connectivity index is 2.14. The Morgan fingerprint density at radius 2 is 1.94 bits per heavy atom. The van der Waals surface area contributed by atoms with E-state index in [1.165, 1.54) is 0 Å². The molecule has 0 spiro atoms. The van der Waals surface area contributed by atoms with Gasteiger partial charge in [0.2, 0.25) is 0 Å². The Morgan fingerprint density at radius 3 is 2.62 bits per heavy atom. The van der Waals surface area contributed by atoms with Crippen molar-refractivity contribution in [1.82, 2.24) is 5.06 Å². The minimum absolute atomic E-state index is 0.264. The molecule has 1 heterocycles. The third kappa shape index (κ3) is 2.28. The molecule has 0 aromatic heterocycles. The maximum atomic E-state index is 9.81. The van der Waals surface area contributed by atoms with Crippen molar-refractivity contribution in [3.63, 3.8) is 0 Å². The summed E-state index contributed by atoms with van der Waals surface area (Å²) in [6, 6.07) is 10.00. The summed E-state index contributed by atoms with van der Waals surface area (Å²) in [5, 5.41) is 10.9. The van der Waals surface area contributed by atoms with Gasteiger partial charge in [-0.2, -0.15) is 0 Å². The van der Waals surface area contributed by atoms with Gasteiger partial charge in [-0.3, -0.25) is 5.21 Å². The molecule has 84 valence electrons. The zero-order valence-corrected chi connectivity index (χ0v) is 9.46. The van der Waals surface area contributed by atoms with Crippen molar-refractivity contribution >= 4 is 11.7 Å². The highest BCUT2D eigenvalue weighted by Crippen LogP contribution is 2.13. The fourth-order valence-electron chi connectivity index (χ4n) is 1.76. The van der Waals surface area contributed by atoms with Gasteiger partial charge in [0.1, 0.15) is 11.7 Å². The Bertz CT molecular complexity index is 425. The molecule has 4 heteroatoms. The van der Waals surface area contributed by atoms with Crippen molar-refractivity contribution in [3.8, 4) is 0 Å². The highest BCUT2D eigenvalue weighted by Gasteiger charge is 2.21. The molecular formula is C12H15N3O. The standard InChI is InChI=1S/C12H15N3O/c1-9-13-10(2)15(16)12(14-9)8-11-6-4-3-5-7-11/h3-7,12,16H,8H2,1-2H3. The fourth-order valence-corrected chi connectivity index (χ4v) is 1.76. The van der Waals surface area contributed by atoms with Gasteiger partial charge in [0.25, 0.3) is 0 Å². The monoisotopic (exact) mass is 217 g/mol. The molecule has 1 unspecified atom stereocenters. The molecule has 0 bridgehead atoms. The van der Waals surface area contributed by atoms with Gasteiger partial charge in [-0.25, -0.2) is 15.0 Å². The quantitative estimate of drug-likeness (QED) is 0.824. The molecule has 4 nitrogen and oxygen atoms in total. The molecule has 2 rings (SSSR count). The molecule has 0 aliphatic carbocycles. The number of hydrogen-bond donors (Lipinski definition) is 1. The number of hydrogen-bond acceptors (Lipinski definition) is 4. The van der Waals surface area contributed by atoms with Crippen molar-refractivity contribution in [3.05, 3.63) is 35.9 Å². The van der Waals surface area contributed by atoms with Gasteiger partial charge in [-0.15, -0.1) is 0 Å². The highest BCUT2D eigenvalue weighted by atomic mass is 16.5. The molecule has 16 heavy (non-hydrogen) atoms. The van der Waals surface area contributed by atoms with E-state index in [2.05, 4.69) is 9.98 Å². The van der Waals surface area contributed by atoms with Crippen molar-refractivity contribution in [2.75, 3.05) is 0 Å². The van der Waals surface area contributed by atoms with Crippen LogP contribution >= 0.6 is 0 Å². The van der Waals surface area contributed by atoms with E-state index in [1.54, 1.807) is 6.92 Å². The zero-order valence-electron chi connectivity index (χ0n) is 9.46. The zero-order chi connectivity index (χ0) is 11.5. The van der Waals surface area contributed by atoms with E-state index < -0.39 is 0 Å². The van der Waals surface area contributed by atoms with Gasteiger partial charge < -0.3 is 0 Å². The van der Waals surface area contributed by atoms with Crippen molar-refractivity contribution in [2.45, 2.75) is 26.4 Å². The summed E-state index contributed by atoms with van der Waals surface area (Å²) in [7, 11) is 0. The summed E-state index contributed by atoms with van der Waals surface area (Å²) >= 11 is 0. The summed E-state index contributed by atoms with van der Waals surface area (Å²) < 4.78 is 0. The Kier molecular flexibility index (Phi) is 3.01. The number of rotatable bonds is 2. The average Bonchev–Trinajstić information content (AvgIpc) is 2.27. The Morgan fingerprint density at radius 1 is 1.25 bits per heavy atom. The first kappa shape index (κ1) is 10.8. The number of aliphatic imine (C=N–C) groups is 2. The Labute approximate surface area is 94.9 Å². The molecular weight excluding hydrogens is 202 g/mol. The van der Waals surface area contributed by atoms with Gasteiger partial charge in [-0.05, 0) is 19.4 Å². The topological polar surface area (TPSA) is 48.2 Å². The van der Waals surface area contributed by atoms with Crippen molar-refractivity contribution in [2.24, 2.45) is 9.98 Å². The van der Waals surface area contributed by atoms with E-state index in [0.717, 1.165) is 10.6 Å². The van der Waals surface area contributed by atoms with Crippen molar-refractivity contribution < 1.29 is 5.21 Å². The van der Waals surface area contributed by atoms with Crippen LogP contribution in [0.1, 0.15) is 19.4 Å². The fraction of sp³-hybridized carbons (Fsp3) is 0.333. The third-order valence-corrected chi connectivity index (χ3v) is 2.53. The van der Waals surface area contributed by atoms with E-state index in [-0.39, 0.29) is 6.17 Å². The van der Waals surface area contributed by atoms with Gasteiger partial charge in [0, 0.05) is 6.42 Å². The van der Waals surface area contributed by atoms with Gasteiger partial charge in [-0.1, -0.05) is 30.3 Å². The maximum absolute atomic E-state index is 9.81. The number of hydroxylamine groups is 2. The second kappa shape index (κ2) is 4.45. The number of amidine groups is 2. The van der Waals surface area contributed by atoms with Crippen LogP contribution in [0.5, 0.6) is 0 Å². The predicted molar refractivity (Wildman–Crippen MR) is 63.8 cm³/mol. The first-order valence-electron chi connectivity index (χ1n) is 5.28. The van der Waals surface area contributed by atoms with Gasteiger partial charge in [0.15, 0.2) is 6.17 Å². The molecule has 0 saturated heterocycles. The van der Waals surface area contributed by atoms with E-state index >= 15 is 0 Å². The van der Waals surface area contributed by atoms with Crippen LogP contribution in [0.15, 0.2) is 40.3 Å². The summed E-state index contributed by atoms with van der Waals surface area (Å²) in [6.45, 7) is 3.62. The van der Waals surface area contributed by atoms with Crippen LogP contribution in [-0.2, 0) is 6.42 Å². The maximum Gasteiger partial charge on any atom is 0.153 e. The van der Waals surface area contributed by atoms with Crippen LogP contribution in [0.3, 0.4) is 0 Å². The Hall–Kier alpha value is -1.68. The van der Waals surface area contributed by atoms with Gasteiger partial charge in [0.05, 0.1) is 0 Å². The van der Waals surface area contributed by atoms with E-state index in [0.29, 0.717) is 18.1 Å². The molecule has 1 N–H and O–H groups in total. The molecule has 0 fully saturated rings. The molecule has 0 radical (unpaired) electrons. The van der Waals surface area contributed by atoms with Crippen LogP contribution in [0, 0.1) is 0 Å². The molecule has 1 aliphatic rings. The van der Waals surface area contributed by atoms with Crippen molar-refractivity contribution in [1.29, 1.82) is 0 Å². The second-order valence-corrected chi connectivity index (χ2v) is 3.85. The van der Waals surface area contributed by atoms with E-state index in [9.17, 15) is 5.21 Å². The van der Waals surface area contributed by atoms with Crippen LogP contribution in [0.4, 0.5) is 0 Å². The molecule has 1 aromatic carbocycles. The SMILES string of the molecule is CC1=NC(Cc2ccccc2)N(O)C(C)=N1. The van der Waals surface area contributed by atoms with E-state index in [1.807, 2.05) is 37.3 Å². The lowest BCUT2D eigenvalue weighted by Gasteiger charge is -2.27. The summed E-state index contributed by atoms with van der Waals surface area (Å²) in [4.78, 5) is 8.41. The average molecular weight is 217 g/mol. The molecule has 1 aliphatic heterocycles. The lowest BCUT2D eigenvalue weighted by atomic mass is 10.1. The summed E-state index contributed by atoms with van der Waals surface area (Å²) in [5.41, 5.74) is 1.15. The predicted octanol–water partition coefficient (Wildman–Crippen LogP) is 2.10. The van der Waals surface area contributed by atoms with Crippen LogP contribution < -0.4 is 0 Å². The second-order valence-electron chi connectivity index (χ2n) is 3.85. The smallest absolute Gasteiger partial charge is 0.153 e. The largest absolute Gasteiger partial charge is 0.285 e. The normalized spacial score (nSPS) is 20.4. The minimum Gasteiger partial charge on any atom is -0.285 e. The summed E-state index contributed by atoms with van der Waals surface area (Å²) in [5.74, 6) is 1.30. The lowest BCUT2D eigenvalue weighted by molar-refractivity contribution is -0.0529.